The molecule has 5 fully saturated rings. The van der Waals surface area contributed by atoms with E-state index >= 15 is 0 Å². The molecule has 2 aliphatic carbocycles. The molecule has 5 heterocycles. The van der Waals surface area contributed by atoms with Crippen molar-refractivity contribution in [2.75, 3.05) is 10.6 Å². The molecule has 22 heteroatoms. The lowest BCUT2D eigenvalue weighted by molar-refractivity contribution is -0.118. The molecular weight excluding hydrogens is 1090 g/mol. The Kier molecular flexibility index (Phi) is 17.8. The molecule has 2 aromatic carbocycles. The number of hydrogen-bond acceptors (Lipinski definition) is 14. The fraction of sp³-hybridized carbons (Fsp3) is 0.621. The number of hydrogen-bond donors (Lipinski definition) is 2. The van der Waals surface area contributed by atoms with Gasteiger partial charge in [-0.25, -0.2) is 9.59 Å². The lowest BCUT2D eigenvalue weighted by Crippen LogP contribution is -2.41. The summed E-state index contributed by atoms with van der Waals surface area (Å²) in [4.78, 5) is 50.9. The highest BCUT2D eigenvalue weighted by Gasteiger charge is 2.64. The van der Waals surface area contributed by atoms with E-state index in [9.17, 15) is 19.2 Å². The summed E-state index contributed by atoms with van der Waals surface area (Å²) < 4.78 is 50.6. The number of nitrogens with zero attached hydrogens (tertiary/aromatic N) is 4. The maximum absolute atomic E-state index is 13.1. The van der Waals surface area contributed by atoms with Gasteiger partial charge in [-0.2, -0.15) is 9.36 Å². The number of rotatable bonds is 10. The second-order valence-corrected chi connectivity index (χ2v) is 27.6. The highest BCUT2D eigenvalue weighted by Crippen LogP contribution is 2.45. The van der Waals surface area contributed by atoms with Gasteiger partial charge in [-0.05, 0) is 193 Å². The Morgan fingerprint density at radius 1 is 0.550 bits per heavy atom. The summed E-state index contributed by atoms with van der Waals surface area (Å²) in [5.41, 5.74) is 0.591. The van der Waals surface area contributed by atoms with Crippen LogP contribution in [0.25, 0.3) is 0 Å². The minimum absolute atomic E-state index is 0.177. The van der Waals surface area contributed by atoms with Crippen molar-refractivity contribution in [3.05, 3.63) is 87.7 Å². The average Bonchev–Trinajstić information content (AvgIpc) is 4.22. The van der Waals surface area contributed by atoms with E-state index in [0.717, 1.165) is 58.1 Å². The van der Waals surface area contributed by atoms with Gasteiger partial charge in [0.05, 0.1) is 56.8 Å². The summed E-state index contributed by atoms with van der Waals surface area (Å²) in [6.45, 7) is 38.8. The molecule has 80 heavy (non-hydrogen) atoms. The van der Waals surface area contributed by atoms with Crippen LogP contribution < -0.4 is 16.1 Å². The van der Waals surface area contributed by atoms with Crippen LogP contribution in [0.5, 0.6) is 0 Å². The number of benzene rings is 2. The van der Waals surface area contributed by atoms with Crippen molar-refractivity contribution in [3.63, 3.8) is 0 Å². The average molecular weight is 1170 g/mol. The van der Waals surface area contributed by atoms with Gasteiger partial charge in [-0.1, -0.05) is 52.3 Å². The first-order valence-electron chi connectivity index (χ1n) is 27.9. The van der Waals surface area contributed by atoms with E-state index in [-0.39, 0.29) is 52.0 Å². The highest BCUT2D eigenvalue weighted by molar-refractivity contribution is 9.10. The normalized spacial score (nSPS) is 21.1. The zero-order chi connectivity index (χ0) is 59.5. The van der Waals surface area contributed by atoms with Crippen LogP contribution in [0.1, 0.15) is 210 Å². The first-order valence-corrected chi connectivity index (χ1v) is 28.7. The van der Waals surface area contributed by atoms with E-state index in [1.807, 2.05) is 187 Å². The molecule has 2 atom stereocenters. The first-order chi connectivity index (χ1) is 36.7. The van der Waals surface area contributed by atoms with Gasteiger partial charge in [-0.15, -0.1) is 10.2 Å². The summed E-state index contributed by atoms with van der Waals surface area (Å²) in [7, 11) is -1.45. The molecule has 2 amide bonds. The number of aromatic nitrogens is 4. The summed E-state index contributed by atoms with van der Waals surface area (Å²) >= 11 is 3.42. The molecule has 434 valence electrons. The van der Waals surface area contributed by atoms with Gasteiger partial charge in [0, 0.05) is 28.4 Å². The molecule has 2 unspecified atom stereocenters. The van der Waals surface area contributed by atoms with Crippen LogP contribution in [-0.2, 0) is 47.0 Å². The minimum Gasteiger partial charge on any atom is -0.442 e. The Morgan fingerprint density at radius 2 is 0.887 bits per heavy atom. The number of carbonyl (C=O) groups excluding carboxylic acids is 4. The predicted octanol–water partition coefficient (Wildman–Crippen LogP) is 11.9. The van der Waals surface area contributed by atoms with E-state index in [4.69, 9.17) is 37.4 Å². The summed E-state index contributed by atoms with van der Waals surface area (Å²) in [6.07, 6.45) is 2.94. The molecular formula is C58H84B3BrN6O12. The van der Waals surface area contributed by atoms with E-state index in [1.54, 1.807) is 12.1 Å². The van der Waals surface area contributed by atoms with Crippen LogP contribution in [-0.4, -0.2) is 110 Å². The number of nitrogens with one attached hydrogen (secondary N) is 2. The number of carbonyl (C=O) groups is 4. The number of anilines is 2. The highest BCUT2D eigenvalue weighted by atomic mass is 79.9. The van der Waals surface area contributed by atoms with E-state index in [0.29, 0.717) is 11.6 Å². The first kappa shape index (κ1) is 62.8. The van der Waals surface area contributed by atoms with Crippen molar-refractivity contribution in [1.82, 2.24) is 19.6 Å². The second kappa shape index (κ2) is 22.7. The van der Waals surface area contributed by atoms with Crippen molar-refractivity contribution in [1.29, 1.82) is 0 Å². The number of halogens is 1. The standard InChI is InChI=1S/C26H36BN3O5.C20H24BrN3O3.C12H24B2O4/c1-16(18-10-9-11-19(14-18)27-34-25(5,6)26(7,8)35-27)22(31)28-21-15-20(17-12-13-17)30(29-21)23(32)33-24(2,3)4;1-12(14-6-5-7-15(21)10-14)18(25)22-17-11-16(13-8-9-13)24(23-17)19(26)27-20(2,3)4;1-9(2)10(3,4)16-13(15-9)14-17-11(5,6)12(7,8)18-14/h9-11,14-17H,12-13H2,1-8H3,(H,28,29,31);5-7,10-13H,8-9H2,1-4H3,(H,22,23,25);1-8H3. The predicted molar refractivity (Wildman–Crippen MR) is 314 cm³/mol. The van der Waals surface area contributed by atoms with Crippen LogP contribution in [0.15, 0.2) is 65.1 Å². The van der Waals surface area contributed by atoms with Gasteiger partial charge in [0.15, 0.2) is 11.6 Å². The number of amides is 2. The van der Waals surface area contributed by atoms with Crippen molar-refractivity contribution < 1.29 is 56.6 Å². The van der Waals surface area contributed by atoms with Crippen molar-refractivity contribution in [2.24, 2.45) is 0 Å². The molecule has 0 spiro atoms. The molecule has 2 N–H and O–H groups in total. The molecule has 0 bridgehead atoms. The van der Waals surface area contributed by atoms with Gasteiger partial charge >= 0.3 is 33.3 Å². The van der Waals surface area contributed by atoms with Crippen LogP contribution in [0.2, 0.25) is 0 Å². The fourth-order valence-corrected chi connectivity index (χ4v) is 9.07. The molecule has 9 rings (SSSR count). The topological polar surface area (TPSA) is 202 Å². The fourth-order valence-electron chi connectivity index (χ4n) is 8.66. The largest absolute Gasteiger partial charge is 0.494 e. The summed E-state index contributed by atoms with van der Waals surface area (Å²) in [6, 6.07) is 18.9. The van der Waals surface area contributed by atoms with Gasteiger partial charge < -0.3 is 48.0 Å². The third-order valence-corrected chi connectivity index (χ3v) is 16.4. The van der Waals surface area contributed by atoms with Gasteiger partial charge in [0.1, 0.15) is 11.2 Å². The molecule has 0 radical (unpaired) electrons. The molecule has 5 aliphatic rings. The Bertz CT molecular complexity index is 2850. The molecule has 18 nitrogen and oxygen atoms in total. The quantitative estimate of drug-likeness (QED) is 0.142. The molecule has 3 saturated heterocycles. The Labute approximate surface area is 483 Å². The van der Waals surface area contributed by atoms with Gasteiger partial charge in [0.25, 0.3) is 0 Å². The van der Waals surface area contributed by atoms with Gasteiger partial charge in [0.2, 0.25) is 11.8 Å². The molecule has 3 aliphatic heterocycles. The Balaban J connectivity index is 0.000000183. The maximum atomic E-state index is 13.1. The number of ether oxygens (including phenoxy) is 2. The Morgan fingerprint density at radius 3 is 1.23 bits per heavy atom. The smallest absolute Gasteiger partial charge is 0.442 e. The zero-order valence-electron chi connectivity index (χ0n) is 50.7. The lowest BCUT2D eigenvalue weighted by atomic mass is 9.49. The molecule has 4 aromatic rings. The second-order valence-electron chi connectivity index (χ2n) is 26.7. The van der Waals surface area contributed by atoms with E-state index in [2.05, 4.69) is 36.8 Å². The maximum Gasteiger partial charge on any atom is 0.494 e. The van der Waals surface area contributed by atoms with E-state index < -0.39 is 61.6 Å². The van der Waals surface area contributed by atoms with E-state index in [1.165, 1.54) is 9.36 Å². The summed E-state index contributed by atoms with van der Waals surface area (Å²) in [5, 5.41) is 14.3. The SMILES string of the molecule is CC(C(=O)Nc1cc(C2CC2)n(C(=O)OC(C)(C)C)n1)c1cccc(B2OC(C)(C)C(C)(C)O2)c1.CC(C(=O)Nc1cc(C2CC2)n(C(=O)OC(C)(C)C)n1)c1cccc(Br)c1.CC1(C)OB(B2OC(C)(C)C(C)(C)O2)OC1(C)C. The van der Waals surface area contributed by atoms with Crippen molar-refractivity contribution in [2.45, 2.75) is 233 Å². The monoisotopic (exact) mass is 1170 g/mol. The van der Waals surface area contributed by atoms with Crippen LogP contribution in [0, 0.1) is 0 Å². The Hall–Kier alpha value is -4.83. The third kappa shape index (κ3) is 14.9. The van der Waals surface area contributed by atoms with Crippen molar-refractivity contribution >= 4 is 78.2 Å². The summed E-state index contributed by atoms with van der Waals surface area (Å²) in [5.74, 6) is 0.0720. The minimum atomic E-state index is -0.635. The third-order valence-electron chi connectivity index (χ3n) is 15.9. The van der Waals surface area contributed by atoms with Crippen LogP contribution >= 0.6 is 15.9 Å². The lowest BCUT2D eigenvalue weighted by Gasteiger charge is -2.32. The van der Waals surface area contributed by atoms with Crippen LogP contribution in [0.4, 0.5) is 21.2 Å². The van der Waals surface area contributed by atoms with Crippen LogP contribution in [0.3, 0.4) is 0 Å². The van der Waals surface area contributed by atoms with Crippen molar-refractivity contribution in [3.8, 4) is 0 Å². The molecule has 2 aromatic heterocycles. The molecule has 2 saturated carbocycles. The zero-order valence-corrected chi connectivity index (χ0v) is 52.3. The van der Waals surface area contributed by atoms with Gasteiger partial charge in [-0.3, -0.25) is 9.59 Å².